The van der Waals surface area contributed by atoms with Gasteiger partial charge in [0, 0.05) is 5.38 Å². The van der Waals surface area contributed by atoms with E-state index < -0.39 is 16.6 Å². The Morgan fingerprint density at radius 2 is 2.38 bits per heavy atom. The Morgan fingerprint density at radius 1 is 1.69 bits per heavy atom. The molecular formula is C5H7N3O3S2. The van der Waals surface area contributed by atoms with E-state index in [1.165, 1.54) is 5.38 Å². The summed E-state index contributed by atoms with van der Waals surface area (Å²) >= 11 is 1.06. The van der Waals surface area contributed by atoms with Crippen LogP contribution in [0.5, 0.6) is 0 Å². The van der Waals surface area contributed by atoms with E-state index in [9.17, 15) is 13.2 Å². The van der Waals surface area contributed by atoms with Crippen LogP contribution in [0.15, 0.2) is 5.38 Å². The molecule has 0 aliphatic rings. The molecule has 0 aromatic carbocycles. The van der Waals surface area contributed by atoms with Crippen molar-refractivity contribution in [1.29, 1.82) is 0 Å². The van der Waals surface area contributed by atoms with Crippen molar-refractivity contribution in [3.63, 3.8) is 0 Å². The van der Waals surface area contributed by atoms with Gasteiger partial charge in [0.15, 0.2) is 15.7 Å². The Balaban J connectivity index is 2.64. The van der Waals surface area contributed by atoms with Crippen molar-refractivity contribution in [1.82, 2.24) is 4.98 Å². The molecule has 0 spiro atoms. The summed E-state index contributed by atoms with van der Waals surface area (Å²) in [6, 6.07) is 0. The summed E-state index contributed by atoms with van der Waals surface area (Å²) in [4.78, 5) is 14.3. The molecule has 0 aliphatic carbocycles. The molecule has 0 fully saturated rings. The summed E-state index contributed by atoms with van der Waals surface area (Å²) in [5.74, 6) is -0.473. The lowest BCUT2D eigenvalue weighted by Gasteiger charge is -1.93. The molecule has 0 radical (unpaired) electrons. The number of carbonyl (C=O) groups is 1. The lowest BCUT2D eigenvalue weighted by Crippen LogP contribution is -2.10. The van der Waals surface area contributed by atoms with Crippen LogP contribution in [-0.4, -0.2) is 25.2 Å². The largest absolute Gasteiger partial charge is 0.364 e. The Kier molecular flexibility index (Phi) is 3.20. The highest BCUT2D eigenvalue weighted by Crippen LogP contribution is 2.12. The van der Waals surface area contributed by atoms with Gasteiger partial charge >= 0.3 is 0 Å². The van der Waals surface area contributed by atoms with Gasteiger partial charge in [-0.15, -0.1) is 11.3 Å². The summed E-state index contributed by atoms with van der Waals surface area (Å²) in [6.45, 7) is 0. The molecule has 0 saturated carbocycles. The van der Waals surface area contributed by atoms with E-state index in [0.717, 1.165) is 11.3 Å². The third-order valence-electron chi connectivity index (χ3n) is 1.10. The number of nitrogens with zero attached hydrogens (tertiary/aromatic N) is 1. The quantitative estimate of drug-likeness (QED) is 0.579. The molecule has 0 saturated heterocycles. The zero-order valence-electron chi connectivity index (χ0n) is 6.39. The van der Waals surface area contributed by atoms with Gasteiger partial charge in [0.1, 0.15) is 11.7 Å². The number of nitrogens with two attached hydrogens (primary N) is 1. The van der Waals surface area contributed by atoms with Gasteiger partial charge in [-0.1, -0.05) is 0 Å². The normalized spacial score (nSPS) is 10.2. The highest BCUT2D eigenvalue weighted by atomic mass is 32.2. The number of anilines is 1. The Labute approximate surface area is 79.7 Å². The first kappa shape index (κ1) is 9.93. The second-order valence-electron chi connectivity index (χ2n) is 2.07. The molecule has 0 aliphatic heterocycles. The van der Waals surface area contributed by atoms with Gasteiger partial charge in [-0.3, -0.25) is 4.79 Å². The van der Waals surface area contributed by atoms with E-state index in [-0.39, 0.29) is 10.9 Å². The number of rotatable bonds is 4. The number of primary amides is 1. The Hall–Kier alpha value is -1.15. The SMILES string of the molecule is NC(=O)c1nc(NC[SH](=O)=O)cs1. The molecular weight excluding hydrogens is 214 g/mol. The highest BCUT2D eigenvalue weighted by molar-refractivity contribution is 7.72. The molecule has 1 rings (SSSR count). The lowest BCUT2D eigenvalue weighted by molar-refractivity contribution is 0.1000. The van der Waals surface area contributed by atoms with E-state index >= 15 is 0 Å². The number of thiazole rings is 1. The van der Waals surface area contributed by atoms with Crippen molar-refractivity contribution in [2.24, 2.45) is 5.73 Å². The predicted molar refractivity (Wildman–Crippen MR) is 49.4 cm³/mol. The molecule has 8 heteroatoms. The third-order valence-corrected chi connectivity index (χ3v) is 2.38. The topological polar surface area (TPSA) is 102 Å². The van der Waals surface area contributed by atoms with Crippen molar-refractivity contribution in [3.05, 3.63) is 10.4 Å². The summed E-state index contributed by atoms with van der Waals surface area (Å²) in [7, 11) is -2.49. The standard InChI is InChI=1S/C5H7N3O3S2/c6-4(9)5-8-3(1-12-5)7-2-13(10)11/h1,7,13H,2H2,(H2,6,9). The number of carbonyl (C=O) groups excluding carboxylic acids is 1. The van der Waals surface area contributed by atoms with Crippen LogP contribution in [0, 0.1) is 0 Å². The number of aromatic nitrogens is 1. The predicted octanol–water partition coefficient (Wildman–Crippen LogP) is -0.777. The average Bonchev–Trinajstić information content (AvgIpc) is 2.48. The van der Waals surface area contributed by atoms with Gasteiger partial charge in [0.25, 0.3) is 5.91 Å². The van der Waals surface area contributed by atoms with Crippen molar-refractivity contribution < 1.29 is 13.2 Å². The van der Waals surface area contributed by atoms with Crippen LogP contribution in [0.2, 0.25) is 0 Å². The van der Waals surface area contributed by atoms with Gasteiger partial charge < -0.3 is 11.1 Å². The van der Waals surface area contributed by atoms with Gasteiger partial charge in [-0.05, 0) is 0 Å². The number of hydrogen-bond donors (Lipinski definition) is 3. The first-order chi connectivity index (χ1) is 6.09. The molecule has 0 unspecified atom stereocenters. The number of nitrogens with one attached hydrogen (secondary N) is 1. The van der Waals surface area contributed by atoms with Crippen molar-refractivity contribution in [2.45, 2.75) is 0 Å². The fraction of sp³-hybridized carbons (Fsp3) is 0.200. The van der Waals surface area contributed by atoms with Crippen LogP contribution >= 0.6 is 11.3 Å². The maximum atomic E-state index is 10.6. The van der Waals surface area contributed by atoms with Crippen LogP contribution in [0.3, 0.4) is 0 Å². The molecule has 13 heavy (non-hydrogen) atoms. The van der Waals surface area contributed by atoms with Gasteiger partial charge in [0.05, 0.1) is 0 Å². The summed E-state index contributed by atoms with van der Waals surface area (Å²) in [6.07, 6.45) is 0. The Bertz CT molecular complexity index is 376. The maximum Gasteiger partial charge on any atom is 0.277 e. The number of amides is 1. The summed E-state index contributed by atoms with van der Waals surface area (Å²) < 4.78 is 20.3. The molecule has 0 bridgehead atoms. The lowest BCUT2D eigenvalue weighted by atomic mass is 10.6. The van der Waals surface area contributed by atoms with E-state index in [1.54, 1.807) is 0 Å². The van der Waals surface area contributed by atoms with Crippen LogP contribution in [0.4, 0.5) is 5.82 Å². The number of hydrogen-bond acceptors (Lipinski definition) is 6. The van der Waals surface area contributed by atoms with E-state index in [4.69, 9.17) is 5.73 Å². The van der Waals surface area contributed by atoms with Crippen LogP contribution in [0.1, 0.15) is 9.80 Å². The summed E-state index contributed by atoms with van der Waals surface area (Å²) in [5, 5.41) is 4.20. The van der Waals surface area contributed by atoms with Gasteiger partial charge in [-0.2, -0.15) is 0 Å². The fourth-order valence-corrected chi connectivity index (χ4v) is 1.53. The van der Waals surface area contributed by atoms with Crippen molar-refractivity contribution in [3.8, 4) is 0 Å². The molecule has 1 heterocycles. The molecule has 0 atom stereocenters. The minimum atomic E-state index is -2.49. The zero-order chi connectivity index (χ0) is 9.84. The monoisotopic (exact) mass is 221 g/mol. The molecule has 1 aromatic heterocycles. The van der Waals surface area contributed by atoms with Crippen molar-refractivity contribution >= 4 is 33.8 Å². The second kappa shape index (κ2) is 4.19. The van der Waals surface area contributed by atoms with Gasteiger partial charge in [-0.25, -0.2) is 13.4 Å². The molecule has 1 aromatic rings. The molecule has 1 amide bonds. The average molecular weight is 221 g/mol. The van der Waals surface area contributed by atoms with Crippen LogP contribution in [0.25, 0.3) is 0 Å². The third kappa shape index (κ3) is 2.99. The zero-order valence-corrected chi connectivity index (χ0v) is 8.10. The fourth-order valence-electron chi connectivity index (χ4n) is 0.614. The first-order valence-electron chi connectivity index (χ1n) is 3.20. The second-order valence-corrected chi connectivity index (χ2v) is 3.91. The van der Waals surface area contributed by atoms with E-state index in [2.05, 4.69) is 10.3 Å². The van der Waals surface area contributed by atoms with Crippen LogP contribution in [-0.2, 0) is 10.7 Å². The van der Waals surface area contributed by atoms with E-state index in [0.29, 0.717) is 5.82 Å². The molecule has 6 nitrogen and oxygen atoms in total. The van der Waals surface area contributed by atoms with Crippen LogP contribution < -0.4 is 11.1 Å². The number of thiol groups is 1. The highest BCUT2D eigenvalue weighted by Gasteiger charge is 2.05. The minimum absolute atomic E-state index is 0.156. The smallest absolute Gasteiger partial charge is 0.277 e. The molecule has 72 valence electrons. The Morgan fingerprint density at radius 3 is 2.85 bits per heavy atom. The van der Waals surface area contributed by atoms with E-state index in [1.807, 2.05) is 0 Å². The molecule has 3 N–H and O–H groups in total. The van der Waals surface area contributed by atoms with Crippen molar-refractivity contribution in [2.75, 3.05) is 11.2 Å². The maximum absolute atomic E-state index is 10.6. The summed E-state index contributed by atoms with van der Waals surface area (Å²) in [5.41, 5.74) is 4.94. The minimum Gasteiger partial charge on any atom is -0.364 e. The first-order valence-corrected chi connectivity index (χ1v) is 5.45. The van der Waals surface area contributed by atoms with Gasteiger partial charge in [0.2, 0.25) is 0 Å².